The summed E-state index contributed by atoms with van der Waals surface area (Å²) in [7, 11) is 3.87. The zero-order valence-corrected chi connectivity index (χ0v) is 58.8. The molecule has 107 heavy (non-hydrogen) atoms. The Hall–Kier alpha value is -13.1. The lowest BCUT2D eigenvalue weighted by Gasteiger charge is -2.22. The number of aromatic nitrogens is 1. The molecular weight excluding hydrogens is 1390 g/mol. The van der Waals surface area contributed by atoms with E-state index in [-0.39, 0.29) is 145 Å². The van der Waals surface area contributed by atoms with E-state index in [0.29, 0.717) is 18.5 Å². The van der Waals surface area contributed by atoms with Crippen LogP contribution in [0.3, 0.4) is 0 Å². The van der Waals surface area contributed by atoms with E-state index in [1.807, 2.05) is 24.3 Å². The standard InChI is InChI=1S/C69H91N23O15/c1-104-52-23-18-38(31-42(52)58(96)89-48(57(71)95)21-16-36-34-84-47-12-5-4-10-41(36)47)86-65(103)51(15-9-29-83-69(78)79)92-61(99)45-33-40(20-25-55(45)107-35-56(93)94)88-64(102)50(14-8-28-82-68(76)77)91-60(98)44-32-39(19-24-54(44)106-3)87-63(101)49(13-7-27-81-67(74)75)90-59(97)43-30-37(17-22-53(43)105-2)85-62(100)46(70)11-6-26-80-66(72)73/h4-5,10,12,16-25,30-34,46,48-51,66,80,84H,6-9,11,13-15,26-29,35,70,72-73H2,1-3H3,(H2,71,95)(H,85,100)(H,86,103)(H,87,101)(H,88,102)(H,89,96)(H,90,97)(H,91,98)(H,92,99)(H,93,94)(H4,74,75,81)(H4,76,77,82)(H4,78,79,83)/b21-16+/t46-,48?,49-,50-,51-/m1/s1. The highest BCUT2D eigenvalue weighted by Crippen LogP contribution is 2.29. The molecule has 0 aliphatic carbocycles. The molecule has 38 nitrogen and oxygen atoms in total. The van der Waals surface area contributed by atoms with Gasteiger partial charge in [-0.15, -0.1) is 0 Å². The molecule has 1 heterocycles. The number of hydrogen-bond donors (Lipinski definition) is 24. The Morgan fingerprint density at radius 2 is 0.860 bits per heavy atom. The molecule has 0 spiro atoms. The van der Waals surface area contributed by atoms with Crippen molar-refractivity contribution in [3.8, 4) is 23.0 Å². The van der Waals surface area contributed by atoms with Crippen molar-refractivity contribution in [2.24, 2.45) is 40.1 Å². The Labute approximate surface area is 613 Å². The van der Waals surface area contributed by atoms with E-state index >= 15 is 0 Å². The molecule has 0 aliphatic rings. The number of aliphatic carboxylic acids is 1. The van der Waals surface area contributed by atoms with E-state index in [2.05, 4.69) is 68.8 Å². The molecule has 38 heteroatoms. The van der Waals surface area contributed by atoms with Crippen LogP contribution in [-0.4, -0.2) is 178 Å². The third-order valence-corrected chi connectivity index (χ3v) is 15.9. The number of para-hydroxylation sites is 1. The maximum atomic E-state index is 14.6. The third-order valence-electron chi connectivity index (χ3n) is 15.9. The van der Waals surface area contributed by atoms with Gasteiger partial charge in [-0.1, -0.05) is 30.4 Å². The van der Waals surface area contributed by atoms with Crippen LogP contribution in [0.2, 0.25) is 0 Å². The smallest absolute Gasteiger partial charge is 0.341 e. The number of benzene rings is 5. The Morgan fingerprint density at radius 3 is 1.24 bits per heavy atom. The first kappa shape index (κ1) is 82.9. The van der Waals surface area contributed by atoms with Gasteiger partial charge in [0.15, 0.2) is 24.5 Å². The van der Waals surface area contributed by atoms with Gasteiger partial charge in [0.2, 0.25) is 29.5 Å². The monoisotopic (exact) mass is 1480 g/mol. The van der Waals surface area contributed by atoms with Crippen LogP contribution in [0.15, 0.2) is 109 Å². The molecule has 0 radical (unpaired) electrons. The number of H-pyrrole nitrogens is 1. The number of carboxylic acids is 1. The fourth-order valence-corrected chi connectivity index (χ4v) is 10.6. The number of carbonyl (C=O) groups excluding carboxylic acids is 9. The highest BCUT2D eigenvalue weighted by atomic mass is 16.5. The van der Waals surface area contributed by atoms with Gasteiger partial charge in [-0.05, 0) is 142 Å². The van der Waals surface area contributed by atoms with Gasteiger partial charge in [0.25, 0.3) is 23.6 Å². The van der Waals surface area contributed by atoms with Crippen LogP contribution in [0, 0.1) is 16.2 Å². The number of rotatable bonds is 42. The number of nitrogens with one attached hydrogen (secondary N) is 16. The molecule has 0 saturated heterocycles. The van der Waals surface area contributed by atoms with Gasteiger partial charge in [-0.25, -0.2) is 4.79 Å². The van der Waals surface area contributed by atoms with Crippen molar-refractivity contribution >= 4 is 117 Å². The third kappa shape index (κ3) is 26.3. The number of fused-ring (bicyclic) bond motifs is 1. The minimum Gasteiger partial charge on any atom is -0.496 e. The number of amides is 9. The first-order valence-electron chi connectivity index (χ1n) is 33.3. The van der Waals surface area contributed by atoms with Gasteiger partial charge >= 0.3 is 5.97 Å². The average Bonchev–Trinajstić information content (AvgIpc) is 1.40. The molecule has 5 aromatic carbocycles. The van der Waals surface area contributed by atoms with Crippen LogP contribution in [0.25, 0.3) is 17.0 Å². The number of guanidine groups is 3. The topological polar surface area (TPSA) is 642 Å². The number of nitrogens with two attached hydrogens (primary N) is 7. The summed E-state index contributed by atoms with van der Waals surface area (Å²) in [5, 5.41) is 65.4. The molecule has 0 saturated carbocycles. The summed E-state index contributed by atoms with van der Waals surface area (Å²) < 4.78 is 22.0. The largest absolute Gasteiger partial charge is 0.496 e. The first-order chi connectivity index (χ1) is 51.1. The van der Waals surface area contributed by atoms with Crippen molar-refractivity contribution in [2.75, 3.05) is 75.4 Å². The summed E-state index contributed by atoms with van der Waals surface area (Å²) in [5.41, 5.74) is 40.3. The summed E-state index contributed by atoms with van der Waals surface area (Å²) >= 11 is 0. The highest BCUT2D eigenvalue weighted by Gasteiger charge is 2.30. The van der Waals surface area contributed by atoms with E-state index in [1.54, 1.807) is 12.3 Å². The van der Waals surface area contributed by atoms with E-state index in [9.17, 15) is 53.1 Å². The fourth-order valence-electron chi connectivity index (χ4n) is 10.6. The molecule has 31 N–H and O–H groups in total. The molecule has 6 rings (SSSR count). The SMILES string of the molecule is COc1ccc(NC(=O)[C@@H](CCCNC(=N)N)NC(=O)c2cc(NC(=O)[C@@H](CCCNC(=N)N)NC(=O)c3cc(NC(=O)[C@@H](CCCNC(=N)N)NC(=O)c4cc(NC(=O)[C@H](N)CCCNC(N)N)ccc4OC)ccc3OC)ccc2OCC(=O)O)cc1C(=O)NC(/C=C/c1c[nH]c2ccccc12)C(N)=O. The predicted octanol–water partition coefficient (Wildman–Crippen LogP) is -0.208. The molecule has 0 bridgehead atoms. The maximum absolute atomic E-state index is 14.6. The van der Waals surface area contributed by atoms with Crippen molar-refractivity contribution in [3.05, 3.63) is 137 Å². The van der Waals surface area contributed by atoms with Crippen molar-refractivity contribution in [2.45, 2.75) is 87.9 Å². The average molecular weight is 1480 g/mol. The van der Waals surface area contributed by atoms with Gasteiger partial charge in [0, 0.05) is 59.5 Å². The quantitative estimate of drug-likeness (QED) is 0.0102. The summed E-state index contributed by atoms with van der Waals surface area (Å²) in [5.74, 6) is -10.3. The lowest BCUT2D eigenvalue weighted by atomic mass is 10.1. The minimum absolute atomic E-state index is 0.00977. The van der Waals surface area contributed by atoms with Crippen molar-refractivity contribution in [1.29, 1.82) is 16.2 Å². The van der Waals surface area contributed by atoms with Crippen LogP contribution in [0.5, 0.6) is 23.0 Å². The van der Waals surface area contributed by atoms with Crippen LogP contribution in [-0.2, 0) is 28.8 Å². The first-order valence-corrected chi connectivity index (χ1v) is 33.3. The van der Waals surface area contributed by atoms with Crippen LogP contribution < -0.4 is 123 Å². The second-order valence-corrected chi connectivity index (χ2v) is 23.9. The van der Waals surface area contributed by atoms with Crippen molar-refractivity contribution in [3.63, 3.8) is 0 Å². The van der Waals surface area contributed by atoms with Crippen molar-refractivity contribution in [1.82, 2.24) is 47.5 Å². The van der Waals surface area contributed by atoms with Gasteiger partial charge in [-0.2, -0.15) is 0 Å². The molecule has 9 amide bonds. The number of aromatic amines is 1. The Bertz CT molecular complexity index is 4240. The summed E-state index contributed by atoms with van der Waals surface area (Å²) in [6.07, 6.45) is 4.84. The van der Waals surface area contributed by atoms with Gasteiger partial charge in [0.1, 0.15) is 53.5 Å². The molecule has 5 atom stereocenters. The second kappa shape index (κ2) is 41.3. The number of methoxy groups -OCH3 is 3. The zero-order valence-electron chi connectivity index (χ0n) is 58.8. The second-order valence-electron chi connectivity index (χ2n) is 23.9. The predicted molar refractivity (Wildman–Crippen MR) is 399 cm³/mol. The normalized spacial score (nSPS) is 12.3. The van der Waals surface area contributed by atoms with E-state index in [0.717, 1.165) is 17.0 Å². The lowest BCUT2D eigenvalue weighted by Crippen LogP contribution is -2.46. The summed E-state index contributed by atoms with van der Waals surface area (Å²) in [6.45, 7) is -0.328. The van der Waals surface area contributed by atoms with E-state index in [1.165, 1.54) is 94.1 Å². The Balaban J connectivity index is 1.23. The molecule has 0 aliphatic heterocycles. The molecule has 1 unspecified atom stereocenters. The van der Waals surface area contributed by atoms with E-state index < -0.39 is 108 Å². The molecule has 572 valence electrons. The van der Waals surface area contributed by atoms with E-state index in [4.69, 9.17) is 75.3 Å². The van der Waals surface area contributed by atoms with Crippen LogP contribution >= 0.6 is 0 Å². The van der Waals surface area contributed by atoms with Crippen LogP contribution in [0.4, 0.5) is 22.7 Å². The van der Waals surface area contributed by atoms with Crippen LogP contribution in [0.1, 0.15) is 98.4 Å². The lowest BCUT2D eigenvalue weighted by molar-refractivity contribution is -0.139. The van der Waals surface area contributed by atoms with Gasteiger partial charge in [0.05, 0.1) is 49.6 Å². The molecular formula is C69H91N23O15. The number of carboxylic acid groups (broad SMARTS) is 1. The Morgan fingerprint density at radius 1 is 0.486 bits per heavy atom. The molecule has 6 aromatic rings. The van der Waals surface area contributed by atoms with Crippen molar-refractivity contribution < 1.29 is 72.0 Å². The zero-order chi connectivity index (χ0) is 78.3. The highest BCUT2D eigenvalue weighted by molar-refractivity contribution is 6.08. The number of carbonyl (C=O) groups is 10. The number of hydrogen-bond acceptors (Lipinski definition) is 21. The number of ether oxygens (including phenoxy) is 4. The number of anilines is 4. The summed E-state index contributed by atoms with van der Waals surface area (Å²) in [6, 6.07) is 16.8. The molecule has 0 fully saturated rings. The summed E-state index contributed by atoms with van der Waals surface area (Å²) in [4.78, 5) is 141. The maximum Gasteiger partial charge on any atom is 0.341 e. The fraction of sp³-hybridized carbons (Fsp3) is 0.319. The van der Waals surface area contributed by atoms with Gasteiger partial charge < -0.3 is 128 Å². The molecule has 1 aromatic heterocycles. The minimum atomic E-state index is -1.44. The van der Waals surface area contributed by atoms with Gasteiger partial charge in [-0.3, -0.25) is 64.7 Å². The number of primary amides is 1. The Kier molecular flexibility index (Phi) is 32.0.